The summed E-state index contributed by atoms with van der Waals surface area (Å²) in [5.74, 6) is 0. The van der Waals surface area contributed by atoms with E-state index in [2.05, 4.69) is 19.1 Å². The van der Waals surface area contributed by atoms with E-state index in [9.17, 15) is 5.11 Å². The molecule has 1 fully saturated rings. The average Bonchev–Trinajstić information content (AvgIpc) is 2.70. The Balaban J connectivity index is 2.07. The molecule has 1 N–H and O–H groups in total. The Labute approximate surface area is 97.3 Å². The van der Waals surface area contributed by atoms with E-state index in [4.69, 9.17) is 4.74 Å². The molecule has 2 nitrogen and oxygen atoms in total. The number of aliphatic hydroxyl groups is 1. The van der Waals surface area contributed by atoms with Crippen molar-refractivity contribution in [3.8, 4) is 0 Å². The largest absolute Gasteiger partial charge is 0.390 e. The van der Waals surface area contributed by atoms with Crippen molar-refractivity contribution in [3.63, 3.8) is 0 Å². The molecule has 1 aliphatic rings. The summed E-state index contributed by atoms with van der Waals surface area (Å²) in [6.45, 7) is 4.88. The van der Waals surface area contributed by atoms with Crippen LogP contribution in [0.5, 0.6) is 0 Å². The maximum atomic E-state index is 10.3. The van der Waals surface area contributed by atoms with Crippen LogP contribution >= 0.6 is 0 Å². The number of hydrogen-bond acceptors (Lipinski definition) is 2. The van der Waals surface area contributed by atoms with E-state index in [1.807, 2.05) is 19.1 Å². The molecule has 0 spiro atoms. The first-order valence-corrected chi connectivity index (χ1v) is 5.98. The highest BCUT2D eigenvalue weighted by molar-refractivity contribution is 5.26. The molecule has 0 bridgehead atoms. The molecule has 2 atom stereocenters. The van der Waals surface area contributed by atoms with Crippen LogP contribution in [0.3, 0.4) is 0 Å². The minimum Gasteiger partial charge on any atom is -0.390 e. The molecule has 2 heteroatoms. The topological polar surface area (TPSA) is 29.5 Å². The second kappa shape index (κ2) is 4.56. The summed E-state index contributed by atoms with van der Waals surface area (Å²) in [7, 11) is 0. The first-order chi connectivity index (χ1) is 7.62. The van der Waals surface area contributed by atoms with E-state index in [1.54, 1.807) is 0 Å². The molecule has 1 saturated heterocycles. The highest BCUT2D eigenvalue weighted by atomic mass is 16.5. The zero-order valence-corrected chi connectivity index (χ0v) is 10.1. The van der Waals surface area contributed by atoms with E-state index in [-0.39, 0.29) is 5.60 Å². The first kappa shape index (κ1) is 11.6. The molecule has 2 unspecified atom stereocenters. The summed E-state index contributed by atoms with van der Waals surface area (Å²) in [4.78, 5) is 0. The summed E-state index contributed by atoms with van der Waals surface area (Å²) < 4.78 is 5.66. The second-order valence-corrected chi connectivity index (χ2v) is 4.91. The number of aliphatic hydroxyl groups excluding tert-OH is 1. The molecule has 0 saturated carbocycles. The molecule has 1 aliphatic heterocycles. The lowest BCUT2D eigenvalue weighted by Gasteiger charge is -2.29. The number of ether oxygens (including phenoxy) is 1. The van der Waals surface area contributed by atoms with Crippen molar-refractivity contribution >= 4 is 0 Å². The van der Waals surface area contributed by atoms with E-state index >= 15 is 0 Å². The van der Waals surface area contributed by atoms with Gasteiger partial charge < -0.3 is 9.84 Å². The van der Waals surface area contributed by atoms with Crippen molar-refractivity contribution in [3.05, 3.63) is 35.4 Å². The van der Waals surface area contributed by atoms with Crippen LogP contribution in [0.15, 0.2) is 24.3 Å². The third kappa shape index (κ3) is 2.28. The van der Waals surface area contributed by atoms with Gasteiger partial charge in [0.05, 0.1) is 11.7 Å². The predicted molar refractivity (Wildman–Crippen MR) is 64.5 cm³/mol. The lowest BCUT2D eigenvalue weighted by molar-refractivity contribution is -0.0768. The fourth-order valence-electron chi connectivity index (χ4n) is 2.33. The van der Waals surface area contributed by atoms with Crippen molar-refractivity contribution in [2.75, 3.05) is 6.61 Å². The maximum Gasteiger partial charge on any atom is 0.0916 e. The van der Waals surface area contributed by atoms with Gasteiger partial charge in [0, 0.05) is 13.0 Å². The first-order valence-electron chi connectivity index (χ1n) is 5.98. The van der Waals surface area contributed by atoms with Crippen LogP contribution in [0.4, 0.5) is 0 Å². The van der Waals surface area contributed by atoms with E-state index < -0.39 is 6.10 Å². The van der Waals surface area contributed by atoms with Crippen LogP contribution in [-0.2, 0) is 11.2 Å². The maximum absolute atomic E-state index is 10.3. The van der Waals surface area contributed by atoms with Gasteiger partial charge in [-0.05, 0) is 37.8 Å². The minimum absolute atomic E-state index is 0.345. The van der Waals surface area contributed by atoms with E-state index in [1.165, 1.54) is 11.1 Å². The average molecular weight is 220 g/mol. The third-order valence-corrected chi connectivity index (χ3v) is 3.63. The summed E-state index contributed by atoms with van der Waals surface area (Å²) in [6.07, 6.45) is 2.29. The molecule has 16 heavy (non-hydrogen) atoms. The van der Waals surface area contributed by atoms with Crippen molar-refractivity contribution in [1.82, 2.24) is 0 Å². The van der Waals surface area contributed by atoms with E-state index in [0.717, 1.165) is 19.4 Å². The molecule has 1 aromatic rings. The lowest BCUT2D eigenvalue weighted by atomic mass is 9.89. The minimum atomic E-state index is -0.406. The molecule has 0 aromatic heterocycles. The molecule has 1 aromatic carbocycles. The second-order valence-electron chi connectivity index (χ2n) is 4.91. The Morgan fingerprint density at radius 3 is 2.81 bits per heavy atom. The van der Waals surface area contributed by atoms with Gasteiger partial charge in [-0.25, -0.2) is 0 Å². The highest BCUT2D eigenvalue weighted by Gasteiger charge is 2.37. The summed E-state index contributed by atoms with van der Waals surface area (Å²) in [5.41, 5.74) is 2.11. The normalized spacial score (nSPS) is 26.9. The molecule has 0 aliphatic carbocycles. The van der Waals surface area contributed by atoms with Gasteiger partial charge >= 0.3 is 0 Å². The number of aryl methyl sites for hydroxylation is 1. The Morgan fingerprint density at radius 2 is 2.19 bits per heavy atom. The van der Waals surface area contributed by atoms with Crippen LogP contribution in [0, 0.1) is 6.92 Å². The van der Waals surface area contributed by atoms with Crippen LogP contribution < -0.4 is 0 Å². The number of hydrogen-bond donors (Lipinski definition) is 1. The number of benzene rings is 1. The quantitative estimate of drug-likeness (QED) is 0.848. The highest BCUT2D eigenvalue weighted by Crippen LogP contribution is 2.30. The van der Waals surface area contributed by atoms with Crippen molar-refractivity contribution in [1.29, 1.82) is 0 Å². The van der Waals surface area contributed by atoms with Gasteiger partial charge in [-0.2, -0.15) is 0 Å². The molecular formula is C14H20O2. The zero-order valence-electron chi connectivity index (χ0n) is 10.1. The molecule has 88 valence electrons. The van der Waals surface area contributed by atoms with Gasteiger partial charge in [-0.3, -0.25) is 0 Å². The Hall–Kier alpha value is -0.860. The smallest absolute Gasteiger partial charge is 0.0916 e. The van der Waals surface area contributed by atoms with Gasteiger partial charge in [0.2, 0.25) is 0 Å². The monoisotopic (exact) mass is 220 g/mol. The van der Waals surface area contributed by atoms with Gasteiger partial charge in [0.15, 0.2) is 0 Å². The summed E-state index contributed by atoms with van der Waals surface area (Å²) >= 11 is 0. The molecule has 1 heterocycles. The van der Waals surface area contributed by atoms with Crippen LogP contribution in [-0.4, -0.2) is 23.4 Å². The standard InChI is InChI=1S/C14H20O2/c1-11-6-3-4-7-12(11)10-13(15)14(2)8-5-9-16-14/h3-4,6-7,13,15H,5,8-10H2,1-2H3. The molecular weight excluding hydrogens is 200 g/mol. The fraction of sp³-hybridized carbons (Fsp3) is 0.571. The summed E-state index contributed by atoms with van der Waals surface area (Å²) in [6, 6.07) is 8.21. The van der Waals surface area contributed by atoms with Crippen LogP contribution in [0.1, 0.15) is 30.9 Å². The van der Waals surface area contributed by atoms with Crippen molar-refractivity contribution < 1.29 is 9.84 Å². The Kier molecular flexibility index (Phi) is 3.31. The molecule has 0 radical (unpaired) electrons. The Bertz CT molecular complexity index is 354. The van der Waals surface area contributed by atoms with Crippen molar-refractivity contribution in [2.24, 2.45) is 0 Å². The van der Waals surface area contributed by atoms with Gasteiger partial charge in [-0.1, -0.05) is 24.3 Å². The fourth-order valence-corrected chi connectivity index (χ4v) is 2.33. The predicted octanol–water partition coefficient (Wildman–Crippen LogP) is 2.47. The van der Waals surface area contributed by atoms with Crippen LogP contribution in [0.2, 0.25) is 0 Å². The van der Waals surface area contributed by atoms with Gasteiger partial charge in [-0.15, -0.1) is 0 Å². The van der Waals surface area contributed by atoms with Gasteiger partial charge in [0.1, 0.15) is 0 Å². The molecule has 0 amide bonds. The van der Waals surface area contributed by atoms with Crippen LogP contribution in [0.25, 0.3) is 0 Å². The Morgan fingerprint density at radius 1 is 1.44 bits per heavy atom. The third-order valence-electron chi connectivity index (χ3n) is 3.63. The summed E-state index contributed by atoms with van der Waals surface area (Å²) in [5, 5.41) is 10.3. The van der Waals surface area contributed by atoms with E-state index in [0.29, 0.717) is 6.42 Å². The van der Waals surface area contributed by atoms with Crippen molar-refractivity contribution in [2.45, 2.75) is 44.8 Å². The number of rotatable bonds is 3. The zero-order chi connectivity index (χ0) is 11.6. The lowest BCUT2D eigenvalue weighted by Crippen LogP contribution is -2.40. The molecule has 2 rings (SSSR count). The SMILES string of the molecule is Cc1ccccc1CC(O)C1(C)CCCO1. The van der Waals surface area contributed by atoms with Gasteiger partial charge in [0.25, 0.3) is 0 Å².